The average molecular weight is 262 g/mol. The summed E-state index contributed by atoms with van der Waals surface area (Å²) in [5, 5.41) is 4.09. The highest BCUT2D eigenvalue weighted by Gasteiger charge is 2.35. The van der Waals surface area contributed by atoms with Crippen molar-refractivity contribution in [3.05, 3.63) is 12.4 Å². The second-order valence-corrected chi connectivity index (χ2v) is 5.81. The minimum absolute atomic E-state index is 0.192. The van der Waals surface area contributed by atoms with Crippen LogP contribution in [-0.2, 0) is 11.3 Å². The maximum atomic E-state index is 12.4. The Kier molecular flexibility index (Phi) is 3.44. The minimum atomic E-state index is 0.192. The summed E-state index contributed by atoms with van der Waals surface area (Å²) in [6.07, 6.45) is 10.9. The number of nitrogen functional groups attached to an aromatic ring is 1. The molecule has 2 heterocycles. The first-order valence-electron chi connectivity index (χ1n) is 7.31. The quantitative estimate of drug-likeness (QED) is 0.900. The Labute approximate surface area is 113 Å². The van der Waals surface area contributed by atoms with Crippen LogP contribution in [0.5, 0.6) is 0 Å². The van der Waals surface area contributed by atoms with Gasteiger partial charge in [-0.05, 0) is 31.6 Å². The molecule has 0 bridgehead atoms. The first kappa shape index (κ1) is 12.5. The third kappa shape index (κ3) is 2.60. The van der Waals surface area contributed by atoms with Crippen molar-refractivity contribution in [3.8, 4) is 0 Å². The number of amides is 1. The zero-order valence-electron chi connectivity index (χ0n) is 11.3. The Morgan fingerprint density at radius 3 is 2.79 bits per heavy atom. The van der Waals surface area contributed by atoms with Gasteiger partial charge in [-0.1, -0.05) is 12.8 Å². The van der Waals surface area contributed by atoms with E-state index in [-0.39, 0.29) is 5.91 Å². The summed E-state index contributed by atoms with van der Waals surface area (Å²) in [6, 6.07) is 0.475. The Bertz CT molecular complexity index is 450. The fraction of sp³-hybridized carbons (Fsp3) is 0.714. The highest BCUT2D eigenvalue weighted by atomic mass is 16.2. The molecular formula is C14H22N4O. The van der Waals surface area contributed by atoms with Gasteiger partial charge in [0.25, 0.3) is 0 Å². The number of hydrogen-bond donors (Lipinski definition) is 1. The summed E-state index contributed by atoms with van der Waals surface area (Å²) >= 11 is 0. The van der Waals surface area contributed by atoms with Crippen molar-refractivity contribution in [1.82, 2.24) is 14.7 Å². The zero-order chi connectivity index (χ0) is 13.2. The summed E-state index contributed by atoms with van der Waals surface area (Å²) < 4.78 is 1.64. The molecule has 3 rings (SSSR count). The van der Waals surface area contributed by atoms with Crippen LogP contribution in [0, 0.1) is 5.92 Å². The number of anilines is 1. The lowest BCUT2D eigenvalue weighted by molar-refractivity contribution is -0.133. The lowest BCUT2D eigenvalue weighted by Gasteiger charge is -2.29. The summed E-state index contributed by atoms with van der Waals surface area (Å²) in [5.41, 5.74) is 6.24. The van der Waals surface area contributed by atoms with E-state index < -0.39 is 0 Å². The molecule has 1 amide bonds. The number of carbonyl (C=O) groups is 1. The molecule has 2 aliphatic rings. The van der Waals surface area contributed by atoms with E-state index in [1.807, 2.05) is 0 Å². The van der Waals surface area contributed by atoms with E-state index >= 15 is 0 Å². The zero-order valence-corrected chi connectivity index (χ0v) is 11.3. The van der Waals surface area contributed by atoms with Gasteiger partial charge in [0.1, 0.15) is 6.54 Å². The standard InChI is InChI=1S/C14H22N4O/c15-12-8-16-17(9-12)10-14(19)18-7-3-6-13(18)11-4-1-2-5-11/h8-9,11,13H,1-7,10,15H2. The monoisotopic (exact) mass is 262 g/mol. The average Bonchev–Trinajstić information content (AvgIpc) is 3.07. The van der Waals surface area contributed by atoms with Crippen LogP contribution in [0.4, 0.5) is 5.69 Å². The van der Waals surface area contributed by atoms with Gasteiger partial charge in [-0.2, -0.15) is 5.10 Å². The van der Waals surface area contributed by atoms with Gasteiger partial charge in [-0.3, -0.25) is 9.48 Å². The highest BCUT2D eigenvalue weighted by Crippen LogP contribution is 2.35. The van der Waals surface area contributed by atoms with Crippen LogP contribution in [0.3, 0.4) is 0 Å². The van der Waals surface area contributed by atoms with Gasteiger partial charge >= 0.3 is 0 Å². The van der Waals surface area contributed by atoms with Crippen molar-refractivity contribution >= 4 is 11.6 Å². The Morgan fingerprint density at radius 2 is 2.11 bits per heavy atom. The van der Waals surface area contributed by atoms with Crippen molar-refractivity contribution in [3.63, 3.8) is 0 Å². The lowest BCUT2D eigenvalue weighted by atomic mass is 9.96. The number of hydrogen-bond acceptors (Lipinski definition) is 3. The van der Waals surface area contributed by atoms with Crippen LogP contribution in [0.15, 0.2) is 12.4 Å². The fourth-order valence-corrected chi connectivity index (χ4v) is 3.63. The minimum Gasteiger partial charge on any atom is -0.396 e. The molecule has 1 saturated carbocycles. The number of aromatic nitrogens is 2. The molecule has 0 spiro atoms. The number of nitrogens with zero attached hydrogens (tertiary/aromatic N) is 3. The van der Waals surface area contributed by atoms with Gasteiger partial charge < -0.3 is 10.6 Å². The number of likely N-dealkylation sites (tertiary alicyclic amines) is 1. The van der Waals surface area contributed by atoms with Gasteiger partial charge in [0.2, 0.25) is 5.91 Å². The highest BCUT2D eigenvalue weighted by molar-refractivity contribution is 5.76. The smallest absolute Gasteiger partial charge is 0.244 e. The largest absolute Gasteiger partial charge is 0.396 e. The Morgan fingerprint density at radius 1 is 1.32 bits per heavy atom. The van der Waals surface area contributed by atoms with Gasteiger partial charge in [0.05, 0.1) is 11.9 Å². The second-order valence-electron chi connectivity index (χ2n) is 5.81. The topological polar surface area (TPSA) is 64.1 Å². The number of rotatable bonds is 3. The maximum absolute atomic E-state index is 12.4. The van der Waals surface area contributed by atoms with Crippen molar-refractivity contribution in [2.75, 3.05) is 12.3 Å². The van der Waals surface area contributed by atoms with Crippen LogP contribution >= 0.6 is 0 Å². The molecule has 1 aliphatic heterocycles. The van der Waals surface area contributed by atoms with Crippen molar-refractivity contribution in [2.24, 2.45) is 5.92 Å². The SMILES string of the molecule is Nc1cnn(CC(=O)N2CCCC2C2CCCC2)c1. The molecule has 5 nitrogen and oxygen atoms in total. The molecular weight excluding hydrogens is 240 g/mol. The molecule has 0 aromatic carbocycles. The molecule has 1 aromatic rings. The Hall–Kier alpha value is -1.52. The van der Waals surface area contributed by atoms with Crippen LogP contribution in [0.2, 0.25) is 0 Å². The van der Waals surface area contributed by atoms with E-state index in [0.717, 1.165) is 18.9 Å². The van der Waals surface area contributed by atoms with Crippen LogP contribution < -0.4 is 5.73 Å². The molecule has 1 unspecified atom stereocenters. The molecule has 104 valence electrons. The molecule has 0 radical (unpaired) electrons. The molecule has 2 N–H and O–H groups in total. The van der Waals surface area contributed by atoms with E-state index in [0.29, 0.717) is 18.3 Å². The van der Waals surface area contributed by atoms with Crippen molar-refractivity contribution in [1.29, 1.82) is 0 Å². The van der Waals surface area contributed by atoms with E-state index in [4.69, 9.17) is 5.73 Å². The van der Waals surface area contributed by atoms with E-state index in [9.17, 15) is 4.79 Å². The second kappa shape index (κ2) is 5.23. The fourth-order valence-electron chi connectivity index (χ4n) is 3.63. The normalized spacial score (nSPS) is 24.2. The van der Waals surface area contributed by atoms with Crippen LogP contribution in [0.25, 0.3) is 0 Å². The third-order valence-corrected chi connectivity index (χ3v) is 4.51. The number of nitrogens with two attached hydrogens (primary N) is 1. The number of carbonyl (C=O) groups excluding carboxylic acids is 1. The molecule has 1 aliphatic carbocycles. The molecule has 5 heteroatoms. The first-order valence-corrected chi connectivity index (χ1v) is 7.31. The van der Waals surface area contributed by atoms with Crippen LogP contribution in [-0.4, -0.2) is 33.2 Å². The first-order chi connectivity index (χ1) is 9.24. The van der Waals surface area contributed by atoms with Crippen molar-refractivity contribution in [2.45, 2.75) is 51.1 Å². The summed E-state index contributed by atoms with van der Waals surface area (Å²) in [4.78, 5) is 14.5. The lowest BCUT2D eigenvalue weighted by Crippen LogP contribution is -2.41. The molecule has 2 fully saturated rings. The molecule has 1 aromatic heterocycles. The van der Waals surface area contributed by atoms with Crippen LogP contribution in [0.1, 0.15) is 38.5 Å². The maximum Gasteiger partial charge on any atom is 0.244 e. The molecule has 19 heavy (non-hydrogen) atoms. The van der Waals surface area contributed by atoms with Gasteiger partial charge in [-0.25, -0.2) is 0 Å². The van der Waals surface area contributed by atoms with E-state index in [1.54, 1.807) is 17.1 Å². The predicted octanol–water partition coefficient (Wildman–Crippen LogP) is 1.65. The van der Waals surface area contributed by atoms with Gasteiger partial charge in [-0.15, -0.1) is 0 Å². The molecule has 1 atom stereocenters. The van der Waals surface area contributed by atoms with Gasteiger partial charge in [0.15, 0.2) is 0 Å². The predicted molar refractivity (Wildman–Crippen MR) is 73.3 cm³/mol. The third-order valence-electron chi connectivity index (χ3n) is 4.51. The molecule has 1 saturated heterocycles. The summed E-state index contributed by atoms with van der Waals surface area (Å²) in [7, 11) is 0. The van der Waals surface area contributed by atoms with Gasteiger partial charge in [0, 0.05) is 18.8 Å². The van der Waals surface area contributed by atoms with Crippen molar-refractivity contribution < 1.29 is 4.79 Å². The Balaban J connectivity index is 1.64. The summed E-state index contributed by atoms with van der Waals surface area (Å²) in [5.74, 6) is 0.923. The van der Waals surface area contributed by atoms with E-state index in [2.05, 4.69) is 10.00 Å². The van der Waals surface area contributed by atoms with E-state index in [1.165, 1.54) is 32.1 Å². The summed E-state index contributed by atoms with van der Waals surface area (Å²) in [6.45, 7) is 1.23.